The molecular weight excluding hydrogens is 381 g/mol. The van der Waals surface area contributed by atoms with Gasteiger partial charge in [-0.25, -0.2) is 9.49 Å². The van der Waals surface area contributed by atoms with E-state index < -0.39 is 0 Å². The Kier molecular flexibility index (Phi) is 6.02. The molecule has 5 nitrogen and oxygen atoms in total. The van der Waals surface area contributed by atoms with Crippen LogP contribution in [0.25, 0.3) is 0 Å². The number of fused-ring (bicyclic) bond motifs is 1. The van der Waals surface area contributed by atoms with Gasteiger partial charge in [0.2, 0.25) is 0 Å². The van der Waals surface area contributed by atoms with Crippen LogP contribution in [-0.2, 0) is 25.7 Å². The summed E-state index contributed by atoms with van der Waals surface area (Å²) in [5.41, 5.74) is 5.28. The van der Waals surface area contributed by atoms with Crippen LogP contribution in [0.2, 0.25) is 0 Å². The number of benzene rings is 2. The fourth-order valence-corrected chi connectivity index (χ4v) is 3.96. The number of rotatable bonds is 6. The smallest absolute Gasteiger partial charge is 0.267 e. The molecule has 0 aliphatic heterocycles. The van der Waals surface area contributed by atoms with Gasteiger partial charge in [0.1, 0.15) is 5.82 Å². The summed E-state index contributed by atoms with van der Waals surface area (Å²) in [4.78, 5) is 24.6. The largest absolute Gasteiger partial charge is 0.352 e. The average molecular weight is 405 g/mol. The summed E-state index contributed by atoms with van der Waals surface area (Å²) in [5, 5.41) is 9.82. The predicted octanol–water partition coefficient (Wildman–Crippen LogP) is 3.35. The van der Waals surface area contributed by atoms with Crippen LogP contribution in [0.15, 0.2) is 53.3 Å². The molecule has 0 bridgehead atoms. The number of aromatic nitrogens is 2. The first-order valence-corrected chi connectivity index (χ1v) is 10.3. The van der Waals surface area contributed by atoms with Crippen LogP contribution in [0, 0.1) is 5.82 Å². The van der Waals surface area contributed by atoms with Crippen molar-refractivity contribution in [1.29, 1.82) is 0 Å². The second kappa shape index (κ2) is 9.03. The first-order chi connectivity index (χ1) is 14.6. The fraction of sp³-hybridized carbons (Fsp3) is 0.292. The van der Waals surface area contributed by atoms with Crippen molar-refractivity contribution < 1.29 is 9.18 Å². The molecular formula is C24H24FN3O2. The Morgan fingerprint density at radius 3 is 2.60 bits per heavy atom. The number of amides is 1. The Morgan fingerprint density at radius 1 is 1.03 bits per heavy atom. The monoisotopic (exact) mass is 405 g/mol. The minimum absolute atomic E-state index is 0.0808. The summed E-state index contributed by atoms with van der Waals surface area (Å²) < 4.78 is 13.0. The van der Waals surface area contributed by atoms with Crippen molar-refractivity contribution in [3.8, 4) is 0 Å². The van der Waals surface area contributed by atoms with E-state index in [0.717, 1.165) is 53.6 Å². The van der Waals surface area contributed by atoms with Crippen molar-refractivity contribution in [1.82, 2.24) is 15.5 Å². The van der Waals surface area contributed by atoms with Crippen molar-refractivity contribution in [2.75, 3.05) is 6.54 Å². The number of hydrogen-bond donors (Lipinski definition) is 2. The minimum Gasteiger partial charge on any atom is -0.352 e. The number of H-pyrrole nitrogens is 1. The third kappa shape index (κ3) is 4.64. The lowest BCUT2D eigenvalue weighted by molar-refractivity contribution is 0.0954. The SMILES string of the molecule is O=C(NCCc1ccc(F)cc1)c1cccc(Cc2n[nH]c(=O)c3c2CCCC3)c1. The van der Waals surface area contributed by atoms with E-state index in [2.05, 4.69) is 15.5 Å². The Bertz CT molecular complexity index is 1110. The Balaban J connectivity index is 1.42. The van der Waals surface area contributed by atoms with Crippen LogP contribution in [0.1, 0.15) is 51.1 Å². The highest BCUT2D eigenvalue weighted by Gasteiger charge is 2.18. The molecule has 0 saturated carbocycles. The third-order valence-electron chi connectivity index (χ3n) is 5.56. The van der Waals surface area contributed by atoms with Crippen LogP contribution < -0.4 is 10.9 Å². The molecule has 1 aliphatic rings. The zero-order chi connectivity index (χ0) is 20.9. The summed E-state index contributed by atoms with van der Waals surface area (Å²) in [6.07, 6.45) is 5.01. The van der Waals surface area contributed by atoms with Gasteiger partial charge in [-0.3, -0.25) is 9.59 Å². The van der Waals surface area contributed by atoms with Gasteiger partial charge in [0.05, 0.1) is 5.69 Å². The van der Waals surface area contributed by atoms with Crippen LogP contribution in [0.4, 0.5) is 4.39 Å². The highest BCUT2D eigenvalue weighted by molar-refractivity contribution is 5.94. The molecule has 0 saturated heterocycles. The first-order valence-electron chi connectivity index (χ1n) is 10.3. The molecule has 1 aliphatic carbocycles. The molecule has 154 valence electrons. The van der Waals surface area contributed by atoms with Gasteiger partial charge in [-0.1, -0.05) is 24.3 Å². The van der Waals surface area contributed by atoms with E-state index in [1.54, 1.807) is 18.2 Å². The van der Waals surface area contributed by atoms with Crippen molar-refractivity contribution in [3.63, 3.8) is 0 Å². The van der Waals surface area contributed by atoms with E-state index in [-0.39, 0.29) is 17.3 Å². The third-order valence-corrected chi connectivity index (χ3v) is 5.56. The number of aromatic amines is 1. The topological polar surface area (TPSA) is 74.8 Å². The van der Waals surface area contributed by atoms with Crippen molar-refractivity contribution >= 4 is 5.91 Å². The normalized spacial score (nSPS) is 13.0. The molecule has 3 aromatic rings. The van der Waals surface area contributed by atoms with Gasteiger partial charge in [0.15, 0.2) is 0 Å². The first kappa shape index (κ1) is 20.0. The molecule has 2 N–H and O–H groups in total. The molecule has 6 heteroatoms. The van der Waals surface area contributed by atoms with E-state index in [4.69, 9.17) is 0 Å². The maximum Gasteiger partial charge on any atom is 0.267 e. The van der Waals surface area contributed by atoms with Crippen molar-refractivity contribution in [2.24, 2.45) is 0 Å². The molecule has 30 heavy (non-hydrogen) atoms. The number of nitrogens with one attached hydrogen (secondary N) is 2. The zero-order valence-corrected chi connectivity index (χ0v) is 16.7. The molecule has 1 heterocycles. The molecule has 0 spiro atoms. The fourth-order valence-electron chi connectivity index (χ4n) is 3.96. The average Bonchev–Trinajstić information content (AvgIpc) is 2.77. The van der Waals surface area contributed by atoms with Crippen molar-refractivity contribution in [2.45, 2.75) is 38.5 Å². The molecule has 0 atom stereocenters. The van der Waals surface area contributed by atoms with Gasteiger partial charge in [-0.15, -0.1) is 0 Å². The zero-order valence-electron chi connectivity index (χ0n) is 16.7. The lowest BCUT2D eigenvalue weighted by Gasteiger charge is -2.17. The van der Waals surface area contributed by atoms with Crippen LogP contribution in [0.3, 0.4) is 0 Å². The summed E-state index contributed by atoms with van der Waals surface area (Å²) in [7, 11) is 0. The van der Waals surface area contributed by atoms with Gasteiger partial charge in [0, 0.05) is 24.1 Å². The van der Waals surface area contributed by atoms with E-state index in [0.29, 0.717) is 24.9 Å². The molecule has 4 rings (SSSR count). The Labute approximate surface area is 174 Å². The molecule has 1 aromatic heterocycles. The van der Waals surface area contributed by atoms with Gasteiger partial charge >= 0.3 is 0 Å². The highest BCUT2D eigenvalue weighted by atomic mass is 19.1. The highest BCUT2D eigenvalue weighted by Crippen LogP contribution is 2.22. The molecule has 0 fully saturated rings. The van der Waals surface area contributed by atoms with Crippen LogP contribution in [0.5, 0.6) is 0 Å². The number of carbonyl (C=O) groups excluding carboxylic acids is 1. The Morgan fingerprint density at radius 2 is 1.80 bits per heavy atom. The van der Waals surface area contributed by atoms with E-state index >= 15 is 0 Å². The molecule has 0 unspecified atom stereocenters. The van der Waals surface area contributed by atoms with E-state index in [9.17, 15) is 14.0 Å². The van der Waals surface area contributed by atoms with Crippen molar-refractivity contribution in [3.05, 3.63) is 98.2 Å². The number of nitrogens with zero attached hydrogens (tertiary/aromatic N) is 1. The molecule has 1 amide bonds. The maximum atomic E-state index is 13.0. The standard InChI is InChI=1S/C24H24FN3O2/c25-19-10-8-16(9-11-19)12-13-26-23(29)18-5-3-4-17(14-18)15-22-20-6-1-2-7-21(20)24(30)28-27-22/h3-5,8-11,14H,1-2,6-7,12-13,15H2,(H,26,29)(H,28,30). The number of hydrogen-bond acceptors (Lipinski definition) is 3. The van der Waals surface area contributed by atoms with E-state index in [1.807, 2.05) is 18.2 Å². The quantitative estimate of drug-likeness (QED) is 0.660. The van der Waals surface area contributed by atoms with Gasteiger partial charge in [-0.2, -0.15) is 5.10 Å². The number of carbonyl (C=O) groups is 1. The minimum atomic E-state index is -0.266. The summed E-state index contributed by atoms with van der Waals surface area (Å²) >= 11 is 0. The second-order valence-corrected chi connectivity index (χ2v) is 7.67. The van der Waals surface area contributed by atoms with Gasteiger partial charge in [0.25, 0.3) is 11.5 Å². The molecule has 2 aromatic carbocycles. The predicted molar refractivity (Wildman–Crippen MR) is 113 cm³/mol. The van der Waals surface area contributed by atoms with E-state index in [1.165, 1.54) is 12.1 Å². The maximum absolute atomic E-state index is 13.0. The lowest BCUT2D eigenvalue weighted by Crippen LogP contribution is -2.26. The summed E-state index contributed by atoms with van der Waals surface area (Å²) in [6.45, 7) is 0.476. The second-order valence-electron chi connectivity index (χ2n) is 7.67. The number of halogens is 1. The summed E-state index contributed by atoms with van der Waals surface area (Å²) in [6, 6.07) is 13.8. The van der Waals surface area contributed by atoms with Crippen LogP contribution >= 0.6 is 0 Å². The van der Waals surface area contributed by atoms with Gasteiger partial charge in [-0.05, 0) is 73.1 Å². The lowest BCUT2D eigenvalue weighted by atomic mass is 9.90. The van der Waals surface area contributed by atoms with Crippen LogP contribution in [-0.4, -0.2) is 22.6 Å². The molecule has 0 radical (unpaired) electrons. The Hall–Kier alpha value is -3.28. The summed E-state index contributed by atoms with van der Waals surface area (Å²) in [5.74, 6) is -0.409. The van der Waals surface area contributed by atoms with Gasteiger partial charge < -0.3 is 5.32 Å².